The highest BCUT2D eigenvalue weighted by molar-refractivity contribution is 7.89. The predicted molar refractivity (Wildman–Crippen MR) is 71.5 cm³/mol. The van der Waals surface area contributed by atoms with Crippen molar-refractivity contribution in [3.05, 3.63) is 24.3 Å². The van der Waals surface area contributed by atoms with Gasteiger partial charge in [-0.05, 0) is 12.1 Å². The van der Waals surface area contributed by atoms with Crippen LogP contribution in [0.3, 0.4) is 0 Å². The molecular weight excluding hydrogens is 268 g/mol. The summed E-state index contributed by atoms with van der Waals surface area (Å²) < 4.78 is 26.7. The standard InChI is InChI=1S/C12H18N2O4S/c1-2-13-19(17,18)12-6-4-3-5-9(12)14-7-10(15)11(16)8-14/h3-6,10-11,13,15-16H,2,7-8H2,1H3. The highest BCUT2D eigenvalue weighted by atomic mass is 32.2. The number of benzene rings is 1. The number of para-hydroxylation sites is 1. The van der Waals surface area contributed by atoms with Gasteiger partial charge in [0, 0.05) is 19.6 Å². The number of β-amino-alcohol motifs (C(OH)–C–C–N with tert-alkyl or cyclic N) is 2. The second-order valence-corrected chi connectivity index (χ2v) is 6.24. The Morgan fingerprint density at radius 3 is 2.42 bits per heavy atom. The van der Waals surface area contributed by atoms with E-state index in [0.717, 1.165) is 0 Å². The van der Waals surface area contributed by atoms with Crippen molar-refractivity contribution in [2.45, 2.75) is 24.0 Å². The van der Waals surface area contributed by atoms with Gasteiger partial charge >= 0.3 is 0 Å². The van der Waals surface area contributed by atoms with Crippen LogP contribution in [0.5, 0.6) is 0 Å². The summed E-state index contributed by atoms with van der Waals surface area (Å²) in [6, 6.07) is 6.58. The normalized spacial score (nSPS) is 23.8. The molecule has 1 aromatic carbocycles. The number of nitrogens with zero attached hydrogens (tertiary/aromatic N) is 1. The van der Waals surface area contributed by atoms with E-state index in [4.69, 9.17) is 0 Å². The molecule has 1 aromatic rings. The van der Waals surface area contributed by atoms with Crippen LogP contribution in [0.2, 0.25) is 0 Å². The zero-order valence-corrected chi connectivity index (χ0v) is 11.5. The molecule has 1 aliphatic rings. The lowest BCUT2D eigenvalue weighted by Crippen LogP contribution is -2.28. The van der Waals surface area contributed by atoms with Crippen LogP contribution in [0, 0.1) is 0 Å². The van der Waals surface area contributed by atoms with Crippen molar-refractivity contribution in [1.29, 1.82) is 0 Å². The number of rotatable bonds is 4. The van der Waals surface area contributed by atoms with Crippen LogP contribution in [-0.4, -0.2) is 50.5 Å². The van der Waals surface area contributed by atoms with Crippen LogP contribution in [0.25, 0.3) is 0 Å². The first-order chi connectivity index (χ1) is 8.95. The smallest absolute Gasteiger partial charge is 0.242 e. The van der Waals surface area contributed by atoms with E-state index >= 15 is 0 Å². The second kappa shape index (κ2) is 5.46. The Labute approximate surface area is 112 Å². The molecule has 1 fully saturated rings. The van der Waals surface area contributed by atoms with Gasteiger partial charge in [0.15, 0.2) is 0 Å². The monoisotopic (exact) mass is 286 g/mol. The van der Waals surface area contributed by atoms with Gasteiger partial charge in [-0.25, -0.2) is 13.1 Å². The summed E-state index contributed by atoms with van der Waals surface area (Å²) in [4.78, 5) is 1.85. The molecule has 0 radical (unpaired) electrons. The number of nitrogens with one attached hydrogen (secondary N) is 1. The molecule has 2 rings (SSSR count). The Kier molecular flexibility index (Phi) is 4.10. The van der Waals surface area contributed by atoms with Crippen molar-refractivity contribution < 1.29 is 18.6 Å². The third kappa shape index (κ3) is 2.89. The highest BCUT2D eigenvalue weighted by Crippen LogP contribution is 2.28. The van der Waals surface area contributed by atoms with Crippen LogP contribution in [0.15, 0.2) is 29.2 Å². The van der Waals surface area contributed by atoms with E-state index in [1.54, 1.807) is 30.0 Å². The molecule has 0 aliphatic carbocycles. The lowest BCUT2D eigenvalue weighted by molar-refractivity contribution is 0.0572. The third-order valence-corrected chi connectivity index (χ3v) is 4.68. The van der Waals surface area contributed by atoms with E-state index in [1.807, 2.05) is 0 Å². The lowest BCUT2D eigenvalue weighted by Gasteiger charge is -2.21. The summed E-state index contributed by atoms with van der Waals surface area (Å²) in [5, 5.41) is 19.1. The van der Waals surface area contributed by atoms with Crippen molar-refractivity contribution in [3.63, 3.8) is 0 Å². The number of hydrogen-bond acceptors (Lipinski definition) is 5. The molecule has 2 unspecified atom stereocenters. The Bertz CT molecular complexity index is 536. The van der Waals surface area contributed by atoms with Gasteiger partial charge in [0.25, 0.3) is 0 Å². The fourth-order valence-electron chi connectivity index (χ4n) is 2.18. The van der Waals surface area contributed by atoms with E-state index in [2.05, 4.69) is 4.72 Å². The van der Waals surface area contributed by atoms with Crippen molar-refractivity contribution >= 4 is 15.7 Å². The minimum Gasteiger partial charge on any atom is -0.389 e. The maximum atomic E-state index is 12.1. The zero-order chi connectivity index (χ0) is 14.0. The number of hydrogen-bond donors (Lipinski definition) is 3. The largest absolute Gasteiger partial charge is 0.389 e. The van der Waals surface area contributed by atoms with E-state index in [-0.39, 0.29) is 18.0 Å². The fourth-order valence-corrected chi connectivity index (χ4v) is 3.45. The first-order valence-corrected chi connectivity index (χ1v) is 7.64. The lowest BCUT2D eigenvalue weighted by atomic mass is 10.3. The van der Waals surface area contributed by atoms with Crippen LogP contribution >= 0.6 is 0 Å². The van der Waals surface area contributed by atoms with Gasteiger partial charge in [-0.1, -0.05) is 19.1 Å². The van der Waals surface area contributed by atoms with Crippen LogP contribution in [0.1, 0.15) is 6.92 Å². The van der Waals surface area contributed by atoms with Crippen LogP contribution < -0.4 is 9.62 Å². The van der Waals surface area contributed by atoms with Gasteiger partial charge in [0.2, 0.25) is 10.0 Å². The van der Waals surface area contributed by atoms with Gasteiger partial charge in [0.1, 0.15) is 4.90 Å². The predicted octanol–water partition coefficient (Wildman–Crippen LogP) is -0.473. The molecule has 0 amide bonds. The van der Waals surface area contributed by atoms with Gasteiger partial charge in [-0.3, -0.25) is 0 Å². The molecule has 0 aromatic heterocycles. The first kappa shape index (κ1) is 14.3. The number of sulfonamides is 1. The molecule has 1 aliphatic heterocycles. The number of aliphatic hydroxyl groups is 2. The molecule has 106 valence electrons. The maximum absolute atomic E-state index is 12.1. The summed E-state index contributed by atoms with van der Waals surface area (Å²) in [6.45, 7) is 2.46. The molecule has 0 spiro atoms. The molecule has 19 heavy (non-hydrogen) atoms. The summed E-state index contributed by atoms with van der Waals surface area (Å²) >= 11 is 0. The molecule has 0 bridgehead atoms. The minimum atomic E-state index is -3.57. The zero-order valence-electron chi connectivity index (χ0n) is 10.7. The van der Waals surface area contributed by atoms with Crippen LogP contribution in [0.4, 0.5) is 5.69 Å². The fraction of sp³-hybridized carbons (Fsp3) is 0.500. The van der Waals surface area contributed by atoms with Gasteiger partial charge < -0.3 is 15.1 Å². The second-order valence-electron chi connectivity index (χ2n) is 4.51. The average Bonchev–Trinajstić information content (AvgIpc) is 2.69. The van der Waals surface area contributed by atoms with Crippen molar-refractivity contribution in [1.82, 2.24) is 4.72 Å². The Balaban J connectivity index is 2.37. The van der Waals surface area contributed by atoms with E-state index in [1.165, 1.54) is 6.07 Å². The molecule has 1 heterocycles. The Hall–Kier alpha value is -1.15. The van der Waals surface area contributed by atoms with Crippen molar-refractivity contribution in [2.24, 2.45) is 0 Å². The average molecular weight is 286 g/mol. The summed E-state index contributed by atoms with van der Waals surface area (Å²) in [6.07, 6.45) is -1.70. The Morgan fingerprint density at radius 2 is 1.84 bits per heavy atom. The van der Waals surface area contributed by atoms with Crippen molar-refractivity contribution in [3.8, 4) is 0 Å². The maximum Gasteiger partial charge on any atom is 0.242 e. The molecule has 6 nitrogen and oxygen atoms in total. The van der Waals surface area contributed by atoms with E-state index in [9.17, 15) is 18.6 Å². The van der Waals surface area contributed by atoms with Gasteiger partial charge in [-0.15, -0.1) is 0 Å². The summed E-state index contributed by atoms with van der Waals surface area (Å²) in [5.74, 6) is 0. The van der Waals surface area contributed by atoms with Gasteiger partial charge in [-0.2, -0.15) is 0 Å². The molecule has 2 atom stereocenters. The molecule has 3 N–H and O–H groups in total. The Morgan fingerprint density at radius 1 is 1.26 bits per heavy atom. The molecule has 0 saturated carbocycles. The summed E-state index contributed by atoms with van der Waals surface area (Å²) in [7, 11) is -3.57. The molecule has 1 saturated heterocycles. The third-order valence-electron chi connectivity index (χ3n) is 3.09. The van der Waals surface area contributed by atoms with Crippen LogP contribution in [-0.2, 0) is 10.0 Å². The van der Waals surface area contributed by atoms with Gasteiger partial charge in [0.05, 0.1) is 17.9 Å². The quantitative estimate of drug-likeness (QED) is 0.696. The van der Waals surface area contributed by atoms with E-state index < -0.39 is 22.2 Å². The van der Waals surface area contributed by atoms with E-state index in [0.29, 0.717) is 12.2 Å². The topological polar surface area (TPSA) is 89.9 Å². The molecular formula is C12H18N2O4S. The SMILES string of the molecule is CCNS(=O)(=O)c1ccccc1N1CC(O)C(O)C1. The highest BCUT2D eigenvalue weighted by Gasteiger charge is 2.32. The van der Waals surface area contributed by atoms with Crippen molar-refractivity contribution in [2.75, 3.05) is 24.5 Å². The number of anilines is 1. The first-order valence-electron chi connectivity index (χ1n) is 6.15. The summed E-state index contributed by atoms with van der Waals surface area (Å²) in [5.41, 5.74) is 0.499. The molecule has 7 heteroatoms. The minimum absolute atomic E-state index is 0.165. The number of aliphatic hydroxyl groups excluding tert-OH is 2.